The molecule has 1 unspecified atom stereocenters. The van der Waals surface area contributed by atoms with Gasteiger partial charge in [0, 0.05) is 0 Å². The molecule has 18 heavy (non-hydrogen) atoms. The van der Waals surface area contributed by atoms with Crippen molar-refractivity contribution in [3.8, 4) is 5.75 Å². The minimum absolute atomic E-state index is 0.0728. The fourth-order valence-electron chi connectivity index (χ4n) is 1.23. The lowest BCUT2D eigenvalue weighted by Gasteiger charge is -2.16. The van der Waals surface area contributed by atoms with Gasteiger partial charge in [0.25, 0.3) is 0 Å². The van der Waals surface area contributed by atoms with Crippen LogP contribution in [0.15, 0.2) is 24.3 Å². The molecule has 0 saturated carbocycles. The summed E-state index contributed by atoms with van der Waals surface area (Å²) in [6.07, 6.45) is 0. The molecule has 0 aliphatic rings. The molecule has 7 heteroatoms. The van der Waals surface area contributed by atoms with Crippen molar-refractivity contribution in [1.82, 2.24) is 0 Å². The number of thiocarbonyl (C=S) groups is 1. The third-order valence-corrected chi connectivity index (χ3v) is 4.50. The van der Waals surface area contributed by atoms with E-state index < -0.39 is 15.3 Å². The maximum Gasteiger partial charge on any atom is 0.242 e. The smallest absolute Gasteiger partial charge is 0.242 e. The summed E-state index contributed by atoms with van der Waals surface area (Å²) in [4.78, 5) is -0.0728. The number of sulfonamides is 1. The summed E-state index contributed by atoms with van der Waals surface area (Å²) in [6.45, 7) is 3.71. The molecule has 1 aromatic rings. The first-order valence-electron chi connectivity index (χ1n) is 5.41. The molecule has 0 heterocycles. The van der Waals surface area contributed by atoms with Gasteiger partial charge in [-0.15, -0.1) is 0 Å². The number of hydrogen-bond acceptors (Lipinski definition) is 4. The normalized spacial score (nSPS) is 12.8. The number of rotatable bonds is 6. The summed E-state index contributed by atoms with van der Waals surface area (Å²) >= 11 is 4.69. The zero-order chi connectivity index (χ0) is 13.8. The number of para-hydroxylation sites is 2. The Kier molecular flexibility index (Phi) is 4.92. The van der Waals surface area contributed by atoms with Crippen LogP contribution in [0.25, 0.3) is 0 Å². The molecule has 0 amide bonds. The predicted octanol–water partition coefficient (Wildman–Crippen LogP) is 1.50. The van der Waals surface area contributed by atoms with Crippen molar-refractivity contribution in [3.05, 3.63) is 24.3 Å². The minimum atomic E-state index is -3.65. The van der Waals surface area contributed by atoms with Gasteiger partial charge in [-0.3, -0.25) is 4.72 Å². The first-order chi connectivity index (χ1) is 8.38. The van der Waals surface area contributed by atoms with E-state index in [0.717, 1.165) is 0 Å². The Morgan fingerprint density at radius 1 is 1.50 bits per heavy atom. The standard InChI is InChI=1S/C11H16N2O3S2/c1-3-16-10-7-5-4-6-9(10)13-18(14,15)8(2)11(12)17/h4-8,13H,3H2,1-2H3,(H2,12,17). The van der Waals surface area contributed by atoms with Crippen molar-refractivity contribution < 1.29 is 13.2 Å². The molecule has 0 saturated heterocycles. The molecule has 1 rings (SSSR count). The predicted molar refractivity (Wildman–Crippen MR) is 76.4 cm³/mol. The van der Waals surface area contributed by atoms with Gasteiger partial charge in [0.15, 0.2) is 0 Å². The summed E-state index contributed by atoms with van der Waals surface area (Å²) in [6, 6.07) is 6.78. The lowest BCUT2D eigenvalue weighted by Crippen LogP contribution is -2.35. The van der Waals surface area contributed by atoms with Crippen LogP contribution in [0.5, 0.6) is 5.75 Å². The third-order valence-electron chi connectivity index (χ3n) is 2.31. The second-order valence-corrected chi connectivity index (χ2v) is 6.09. The summed E-state index contributed by atoms with van der Waals surface area (Å²) in [5, 5.41) is -0.942. The van der Waals surface area contributed by atoms with Crippen LogP contribution >= 0.6 is 12.2 Å². The Morgan fingerprint density at radius 3 is 2.67 bits per heavy atom. The highest BCUT2D eigenvalue weighted by molar-refractivity contribution is 7.95. The van der Waals surface area contributed by atoms with Crippen LogP contribution in [0.1, 0.15) is 13.8 Å². The highest BCUT2D eigenvalue weighted by Gasteiger charge is 2.24. The number of ether oxygens (including phenoxy) is 1. The number of nitrogens with one attached hydrogen (secondary N) is 1. The highest BCUT2D eigenvalue weighted by Crippen LogP contribution is 2.25. The Labute approximate surface area is 112 Å². The number of benzene rings is 1. The molecule has 0 aliphatic heterocycles. The van der Waals surface area contributed by atoms with Crippen LogP contribution in [0, 0.1) is 0 Å². The van der Waals surface area contributed by atoms with E-state index in [-0.39, 0.29) is 4.99 Å². The first-order valence-corrected chi connectivity index (χ1v) is 7.36. The molecule has 1 aromatic carbocycles. The van der Waals surface area contributed by atoms with Crippen molar-refractivity contribution in [3.63, 3.8) is 0 Å². The quantitative estimate of drug-likeness (QED) is 0.775. The number of hydrogen-bond donors (Lipinski definition) is 2. The monoisotopic (exact) mass is 288 g/mol. The minimum Gasteiger partial charge on any atom is -0.492 e. The van der Waals surface area contributed by atoms with E-state index in [1.54, 1.807) is 24.3 Å². The summed E-state index contributed by atoms with van der Waals surface area (Å²) < 4.78 is 31.7. The van der Waals surface area contributed by atoms with Crippen molar-refractivity contribution in [2.45, 2.75) is 19.1 Å². The SMILES string of the molecule is CCOc1ccccc1NS(=O)(=O)C(C)C(N)=S. The average Bonchev–Trinajstić information content (AvgIpc) is 2.30. The van der Waals surface area contributed by atoms with Crippen molar-refractivity contribution >= 4 is 32.9 Å². The molecule has 1 atom stereocenters. The summed E-state index contributed by atoms with van der Waals surface area (Å²) in [5.74, 6) is 0.471. The third kappa shape index (κ3) is 3.58. The van der Waals surface area contributed by atoms with Gasteiger partial charge < -0.3 is 10.5 Å². The maximum atomic E-state index is 12.0. The molecule has 0 radical (unpaired) electrons. The highest BCUT2D eigenvalue weighted by atomic mass is 32.2. The second kappa shape index (κ2) is 6.01. The van der Waals surface area contributed by atoms with Gasteiger partial charge in [0.05, 0.1) is 17.3 Å². The molecule has 100 valence electrons. The zero-order valence-corrected chi connectivity index (χ0v) is 11.8. The lowest BCUT2D eigenvalue weighted by molar-refractivity contribution is 0.342. The topological polar surface area (TPSA) is 81.4 Å². The lowest BCUT2D eigenvalue weighted by atomic mass is 10.3. The van der Waals surface area contributed by atoms with E-state index in [4.69, 9.17) is 22.7 Å². The van der Waals surface area contributed by atoms with Crippen LogP contribution in [-0.4, -0.2) is 25.3 Å². The van der Waals surface area contributed by atoms with E-state index in [1.807, 2.05) is 6.92 Å². The molecular weight excluding hydrogens is 272 g/mol. The molecule has 5 nitrogen and oxygen atoms in total. The molecule has 0 aliphatic carbocycles. The van der Waals surface area contributed by atoms with E-state index in [2.05, 4.69) is 4.72 Å². The van der Waals surface area contributed by atoms with Crippen molar-refractivity contribution in [2.75, 3.05) is 11.3 Å². The van der Waals surface area contributed by atoms with Crippen molar-refractivity contribution in [2.24, 2.45) is 5.73 Å². The number of anilines is 1. The molecule has 0 fully saturated rings. The largest absolute Gasteiger partial charge is 0.492 e. The molecule has 3 N–H and O–H groups in total. The second-order valence-electron chi connectivity index (χ2n) is 3.62. The van der Waals surface area contributed by atoms with E-state index in [1.165, 1.54) is 6.92 Å². The molecule has 0 aromatic heterocycles. The first kappa shape index (κ1) is 14.7. The van der Waals surface area contributed by atoms with Crippen LogP contribution in [-0.2, 0) is 10.0 Å². The van der Waals surface area contributed by atoms with Crippen LogP contribution in [0.2, 0.25) is 0 Å². The fraction of sp³-hybridized carbons (Fsp3) is 0.364. The van der Waals surface area contributed by atoms with Gasteiger partial charge in [0.2, 0.25) is 10.0 Å². The summed E-state index contributed by atoms with van der Waals surface area (Å²) in [7, 11) is -3.65. The van der Waals surface area contributed by atoms with Gasteiger partial charge in [-0.05, 0) is 26.0 Å². The Hall–Kier alpha value is -1.34. The zero-order valence-electron chi connectivity index (χ0n) is 10.2. The van der Waals surface area contributed by atoms with Crippen LogP contribution in [0.3, 0.4) is 0 Å². The Balaban J connectivity index is 3.01. The fourth-order valence-corrected chi connectivity index (χ4v) is 2.56. The molecule has 0 spiro atoms. The Bertz CT molecular complexity index is 529. The number of nitrogens with two attached hydrogens (primary N) is 1. The molecule has 0 bridgehead atoms. The summed E-state index contributed by atoms with van der Waals surface area (Å²) in [5.41, 5.74) is 5.73. The Morgan fingerprint density at radius 2 is 2.11 bits per heavy atom. The van der Waals surface area contributed by atoms with Crippen LogP contribution < -0.4 is 15.2 Å². The van der Waals surface area contributed by atoms with Gasteiger partial charge in [0.1, 0.15) is 11.0 Å². The average molecular weight is 288 g/mol. The van der Waals surface area contributed by atoms with Crippen molar-refractivity contribution in [1.29, 1.82) is 0 Å². The maximum absolute atomic E-state index is 12.0. The van der Waals surface area contributed by atoms with E-state index in [0.29, 0.717) is 18.0 Å². The van der Waals surface area contributed by atoms with E-state index >= 15 is 0 Å². The van der Waals surface area contributed by atoms with Gasteiger partial charge in [-0.25, -0.2) is 8.42 Å². The molecular formula is C11H16N2O3S2. The van der Waals surface area contributed by atoms with Gasteiger partial charge in [-0.1, -0.05) is 24.4 Å². The van der Waals surface area contributed by atoms with Crippen LogP contribution in [0.4, 0.5) is 5.69 Å². The van der Waals surface area contributed by atoms with Gasteiger partial charge in [-0.2, -0.15) is 0 Å². The van der Waals surface area contributed by atoms with E-state index in [9.17, 15) is 8.42 Å². The van der Waals surface area contributed by atoms with Gasteiger partial charge >= 0.3 is 0 Å².